The van der Waals surface area contributed by atoms with E-state index in [1.165, 1.54) is 11.1 Å². The predicted molar refractivity (Wildman–Crippen MR) is 58.9 cm³/mol. The van der Waals surface area contributed by atoms with Gasteiger partial charge in [-0.05, 0) is 32.6 Å². The molecule has 1 N–H and O–H groups in total. The standard InChI is InChI=1S/C12H19NO/c1-8(2)11-6-5-9(3)12(7-11)13-10(4)14/h5,11-12H,1,6-7H2,2-4H3,(H,13,14)/t11-,12+/m1/s1. The fourth-order valence-electron chi connectivity index (χ4n) is 1.86. The molecule has 0 saturated heterocycles. The number of rotatable bonds is 2. The molecule has 78 valence electrons. The van der Waals surface area contributed by atoms with Crippen molar-refractivity contribution in [3.05, 3.63) is 23.8 Å². The molecule has 0 fully saturated rings. The van der Waals surface area contributed by atoms with E-state index in [0.717, 1.165) is 12.8 Å². The fraction of sp³-hybridized carbons (Fsp3) is 0.583. The van der Waals surface area contributed by atoms with Crippen molar-refractivity contribution < 1.29 is 4.79 Å². The Kier molecular flexibility index (Phi) is 3.50. The van der Waals surface area contributed by atoms with Crippen LogP contribution in [0, 0.1) is 5.92 Å². The molecule has 2 heteroatoms. The second-order valence-electron chi connectivity index (χ2n) is 4.22. The van der Waals surface area contributed by atoms with E-state index in [2.05, 4.69) is 31.8 Å². The molecule has 2 atom stereocenters. The summed E-state index contributed by atoms with van der Waals surface area (Å²) in [5, 5.41) is 2.97. The van der Waals surface area contributed by atoms with Gasteiger partial charge in [-0.2, -0.15) is 0 Å². The molecule has 0 aliphatic heterocycles. The SMILES string of the molecule is C=C(C)[C@@H]1CC=C(C)[C@@H](NC(C)=O)C1. The second-order valence-corrected chi connectivity index (χ2v) is 4.22. The lowest BCUT2D eigenvalue weighted by atomic mass is 9.83. The first-order valence-corrected chi connectivity index (χ1v) is 5.10. The summed E-state index contributed by atoms with van der Waals surface area (Å²) in [7, 11) is 0. The smallest absolute Gasteiger partial charge is 0.217 e. The normalized spacial score (nSPS) is 26.6. The van der Waals surface area contributed by atoms with E-state index in [1.807, 2.05) is 0 Å². The molecular formula is C12H19NO. The van der Waals surface area contributed by atoms with Crippen LogP contribution >= 0.6 is 0 Å². The molecule has 14 heavy (non-hydrogen) atoms. The average Bonchev–Trinajstić information content (AvgIpc) is 2.07. The van der Waals surface area contributed by atoms with Crippen molar-refractivity contribution in [2.45, 2.75) is 39.7 Å². The highest BCUT2D eigenvalue weighted by atomic mass is 16.1. The average molecular weight is 193 g/mol. The number of carbonyl (C=O) groups is 1. The Labute approximate surface area is 86.1 Å². The molecule has 0 aromatic heterocycles. The largest absolute Gasteiger partial charge is 0.350 e. The van der Waals surface area contributed by atoms with Gasteiger partial charge in [0.05, 0.1) is 6.04 Å². The quantitative estimate of drug-likeness (QED) is 0.670. The van der Waals surface area contributed by atoms with Gasteiger partial charge in [0.1, 0.15) is 0 Å². The third kappa shape index (κ3) is 2.72. The van der Waals surface area contributed by atoms with E-state index in [-0.39, 0.29) is 11.9 Å². The third-order valence-electron chi connectivity index (χ3n) is 2.87. The van der Waals surface area contributed by atoms with Crippen molar-refractivity contribution >= 4 is 5.91 Å². The van der Waals surface area contributed by atoms with Gasteiger partial charge in [0.25, 0.3) is 0 Å². The summed E-state index contributed by atoms with van der Waals surface area (Å²) >= 11 is 0. The van der Waals surface area contributed by atoms with Crippen molar-refractivity contribution in [1.82, 2.24) is 5.32 Å². The number of carbonyl (C=O) groups excluding carboxylic acids is 1. The zero-order chi connectivity index (χ0) is 10.7. The molecule has 0 heterocycles. The lowest BCUT2D eigenvalue weighted by Gasteiger charge is -2.29. The van der Waals surface area contributed by atoms with Gasteiger partial charge < -0.3 is 5.32 Å². The summed E-state index contributed by atoms with van der Waals surface area (Å²) in [6.45, 7) is 9.68. The maximum Gasteiger partial charge on any atom is 0.217 e. The summed E-state index contributed by atoms with van der Waals surface area (Å²) in [6, 6.07) is 0.211. The second kappa shape index (κ2) is 4.45. The van der Waals surface area contributed by atoms with Gasteiger partial charge in [0, 0.05) is 6.92 Å². The number of hydrogen-bond acceptors (Lipinski definition) is 1. The third-order valence-corrected chi connectivity index (χ3v) is 2.87. The maximum atomic E-state index is 11.0. The number of hydrogen-bond donors (Lipinski definition) is 1. The molecule has 0 bridgehead atoms. The van der Waals surface area contributed by atoms with Gasteiger partial charge >= 0.3 is 0 Å². The first-order chi connectivity index (χ1) is 6.50. The lowest BCUT2D eigenvalue weighted by molar-refractivity contribution is -0.119. The van der Waals surface area contributed by atoms with Crippen LogP contribution in [0.25, 0.3) is 0 Å². The summed E-state index contributed by atoms with van der Waals surface area (Å²) in [5.41, 5.74) is 2.49. The molecular weight excluding hydrogens is 174 g/mol. The first-order valence-electron chi connectivity index (χ1n) is 5.10. The molecule has 1 rings (SSSR count). The van der Waals surface area contributed by atoms with Crippen molar-refractivity contribution in [2.75, 3.05) is 0 Å². The van der Waals surface area contributed by atoms with Crippen LogP contribution in [0.5, 0.6) is 0 Å². The molecule has 0 spiro atoms. The van der Waals surface area contributed by atoms with E-state index in [0.29, 0.717) is 5.92 Å². The molecule has 1 aliphatic carbocycles. The van der Waals surface area contributed by atoms with Gasteiger partial charge in [-0.1, -0.05) is 23.8 Å². The zero-order valence-electron chi connectivity index (χ0n) is 9.26. The van der Waals surface area contributed by atoms with Crippen LogP contribution in [0.15, 0.2) is 23.8 Å². The van der Waals surface area contributed by atoms with E-state index in [9.17, 15) is 4.79 Å². The van der Waals surface area contributed by atoms with Gasteiger partial charge in [0.2, 0.25) is 5.91 Å². The van der Waals surface area contributed by atoms with Crippen LogP contribution < -0.4 is 5.32 Å². The topological polar surface area (TPSA) is 29.1 Å². The maximum absolute atomic E-state index is 11.0. The Morgan fingerprint density at radius 3 is 2.71 bits per heavy atom. The molecule has 1 aliphatic rings. The highest BCUT2D eigenvalue weighted by Crippen LogP contribution is 2.28. The molecule has 0 saturated carbocycles. The highest BCUT2D eigenvalue weighted by Gasteiger charge is 2.22. The molecule has 0 unspecified atom stereocenters. The molecule has 1 amide bonds. The van der Waals surface area contributed by atoms with E-state index >= 15 is 0 Å². The van der Waals surface area contributed by atoms with E-state index in [4.69, 9.17) is 0 Å². The minimum Gasteiger partial charge on any atom is -0.350 e. The van der Waals surface area contributed by atoms with Gasteiger partial charge in [-0.15, -0.1) is 0 Å². The van der Waals surface area contributed by atoms with Gasteiger partial charge in [-0.3, -0.25) is 4.79 Å². The number of amides is 1. The Bertz CT molecular complexity index is 278. The summed E-state index contributed by atoms with van der Waals surface area (Å²) < 4.78 is 0. The molecule has 0 aromatic carbocycles. The van der Waals surface area contributed by atoms with Crippen LogP contribution in [0.1, 0.15) is 33.6 Å². The Morgan fingerprint density at radius 1 is 1.57 bits per heavy atom. The zero-order valence-corrected chi connectivity index (χ0v) is 9.26. The summed E-state index contributed by atoms with van der Waals surface area (Å²) in [6.07, 6.45) is 4.28. The Balaban J connectivity index is 2.66. The van der Waals surface area contributed by atoms with Crippen LogP contribution in [0.4, 0.5) is 0 Å². The summed E-state index contributed by atoms with van der Waals surface area (Å²) in [4.78, 5) is 11.0. The predicted octanol–water partition coefficient (Wildman–Crippen LogP) is 2.42. The number of allylic oxidation sites excluding steroid dienone is 2. The molecule has 2 nitrogen and oxygen atoms in total. The van der Waals surface area contributed by atoms with Crippen molar-refractivity contribution in [2.24, 2.45) is 5.92 Å². The lowest BCUT2D eigenvalue weighted by Crippen LogP contribution is -2.37. The minimum atomic E-state index is 0.0464. The van der Waals surface area contributed by atoms with Gasteiger partial charge in [0.15, 0.2) is 0 Å². The minimum absolute atomic E-state index is 0.0464. The monoisotopic (exact) mass is 193 g/mol. The van der Waals surface area contributed by atoms with Crippen LogP contribution in [-0.4, -0.2) is 11.9 Å². The summed E-state index contributed by atoms with van der Waals surface area (Å²) in [5.74, 6) is 0.570. The van der Waals surface area contributed by atoms with Crippen molar-refractivity contribution in [3.63, 3.8) is 0 Å². The van der Waals surface area contributed by atoms with E-state index < -0.39 is 0 Å². The van der Waals surface area contributed by atoms with Crippen LogP contribution in [0.2, 0.25) is 0 Å². The van der Waals surface area contributed by atoms with Crippen LogP contribution in [0.3, 0.4) is 0 Å². The van der Waals surface area contributed by atoms with Crippen LogP contribution in [-0.2, 0) is 4.79 Å². The Morgan fingerprint density at radius 2 is 2.21 bits per heavy atom. The molecule has 0 radical (unpaired) electrons. The Hall–Kier alpha value is -1.05. The number of nitrogens with one attached hydrogen (secondary N) is 1. The molecule has 0 aromatic rings. The fourth-order valence-corrected chi connectivity index (χ4v) is 1.86. The van der Waals surface area contributed by atoms with Crippen molar-refractivity contribution in [1.29, 1.82) is 0 Å². The van der Waals surface area contributed by atoms with Crippen molar-refractivity contribution in [3.8, 4) is 0 Å². The van der Waals surface area contributed by atoms with Gasteiger partial charge in [-0.25, -0.2) is 0 Å². The first kappa shape index (κ1) is 11.0. The van der Waals surface area contributed by atoms with E-state index in [1.54, 1.807) is 6.92 Å². The highest BCUT2D eigenvalue weighted by molar-refractivity contribution is 5.73.